The number of likely N-dealkylation sites (tertiary alicyclic amines) is 2. The van der Waals surface area contributed by atoms with Crippen molar-refractivity contribution in [1.29, 1.82) is 0 Å². The summed E-state index contributed by atoms with van der Waals surface area (Å²) in [5.41, 5.74) is 2.84. The van der Waals surface area contributed by atoms with E-state index in [0.29, 0.717) is 11.8 Å². The molecule has 2 aliphatic rings. The SMILES string of the molecule is CCCC1(C)CCCN(C(=NC)NCc2cccc(CN3CCCC3=O)c2)C1.I. The molecule has 3 rings (SSSR count). The highest BCUT2D eigenvalue weighted by molar-refractivity contribution is 14.0. The van der Waals surface area contributed by atoms with Crippen molar-refractivity contribution >= 4 is 35.8 Å². The van der Waals surface area contributed by atoms with Gasteiger partial charge in [-0.25, -0.2) is 0 Å². The van der Waals surface area contributed by atoms with Gasteiger partial charge in [-0.15, -0.1) is 24.0 Å². The molecule has 0 saturated carbocycles. The van der Waals surface area contributed by atoms with Crippen LogP contribution in [0.4, 0.5) is 0 Å². The van der Waals surface area contributed by atoms with Crippen LogP contribution < -0.4 is 5.32 Å². The van der Waals surface area contributed by atoms with E-state index in [0.717, 1.165) is 45.1 Å². The van der Waals surface area contributed by atoms with E-state index in [2.05, 4.69) is 53.3 Å². The number of guanidine groups is 1. The quantitative estimate of drug-likeness (QED) is 0.349. The van der Waals surface area contributed by atoms with Gasteiger partial charge in [0.1, 0.15) is 0 Å². The number of amides is 1. The molecule has 1 unspecified atom stereocenters. The van der Waals surface area contributed by atoms with Crippen molar-refractivity contribution in [2.24, 2.45) is 10.4 Å². The van der Waals surface area contributed by atoms with Gasteiger partial charge < -0.3 is 15.1 Å². The number of rotatable bonds is 6. The lowest BCUT2D eigenvalue weighted by molar-refractivity contribution is -0.128. The second-order valence-electron chi connectivity index (χ2n) is 8.73. The average molecular weight is 512 g/mol. The normalized spacial score (nSPS) is 22.6. The summed E-state index contributed by atoms with van der Waals surface area (Å²) in [6.45, 7) is 9.23. The number of aliphatic imine (C=N–C) groups is 1. The van der Waals surface area contributed by atoms with Crippen LogP contribution in [0.5, 0.6) is 0 Å². The molecule has 29 heavy (non-hydrogen) atoms. The molecule has 1 N–H and O–H groups in total. The van der Waals surface area contributed by atoms with Gasteiger partial charge in [0, 0.05) is 46.2 Å². The third-order valence-electron chi connectivity index (χ3n) is 6.13. The number of carbonyl (C=O) groups excluding carboxylic acids is 1. The van der Waals surface area contributed by atoms with Gasteiger partial charge in [0.05, 0.1) is 0 Å². The average Bonchev–Trinajstić information content (AvgIpc) is 3.07. The summed E-state index contributed by atoms with van der Waals surface area (Å²) in [5.74, 6) is 1.28. The van der Waals surface area contributed by atoms with Gasteiger partial charge in [-0.05, 0) is 42.2 Å². The van der Waals surface area contributed by atoms with E-state index in [4.69, 9.17) is 0 Å². The Morgan fingerprint density at radius 3 is 2.72 bits per heavy atom. The minimum absolute atomic E-state index is 0. The highest BCUT2D eigenvalue weighted by Gasteiger charge is 2.31. The van der Waals surface area contributed by atoms with E-state index in [1.54, 1.807) is 0 Å². The van der Waals surface area contributed by atoms with E-state index in [9.17, 15) is 4.79 Å². The molecule has 0 spiro atoms. The van der Waals surface area contributed by atoms with Crippen molar-refractivity contribution in [2.45, 2.75) is 65.5 Å². The van der Waals surface area contributed by atoms with E-state index >= 15 is 0 Å². The van der Waals surface area contributed by atoms with E-state index in [-0.39, 0.29) is 29.9 Å². The molecule has 0 bridgehead atoms. The Balaban J connectivity index is 0.00000300. The zero-order valence-electron chi connectivity index (χ0n) is 18.2. The van der Waals surface area contributed by atoms with Crippen molar-refractivity contribution in [2.75, 3.05) is 26.7 Å². The smallest absolute Gasteiger partial charge is 0.222 e. The van der Waals surface area contributed by atoms with Crippen molar-refractivity contribution in [3.63, 3.8) is 0 Å². The summed E-state index contributed by atoms with van der Waals surface area (Å²) in [7, 11) is 1.88. The number of halogens is 1. The molecule has 2 aliphatic heterocycles. The molecule has 2 heterocycles. The number of nitrogens with one attached hydrogen (secondary N) is 1. The van der Waals surface area contributed by atoms with Crippen LogP contribution in [0.3, 0.4) is 0 Å². The minimum Gasteiger partial charge on any atom is -0.352 e. The van der Waals surface area contributed by atoms with Crippen LogP contribution >= 0.6 is 24.0 Å². The van der Waals surface area contributed by atoms with Gasteiger partial charge in [0.2, 0.25) is 5.91 Å². The molecule has 2 fully saturated rings. The van der Waals surface area contributed by atoms with Crippen LogP contribution in [-0.4, -0.2) is 48.3 Å². The number of benzene rings is 1. The maximum atomic E-state index is 11.9. The van der Waals surface area contributed by atoms with Crippen LogP contribution in [0.2, 0.25) is 0 Å². The van der Waals surface area contributed by atoms with Crippen molar-refractivity contribution < 1.29 is 4.79 Å². The summed E-state index contributed by atoms with van der Waals surface area (Å²) in [5, 5.41) is 3.56. The number of carbonyl (C=O) groups is 1. The first-order valence-electron chi connectivity index (χ1n) is 10.8. The summed E-state index contributed by atoms with van der Waals surface area (Å²) in [4.78, 5) is 20.8. The molecule has 5 nitrogen and oxygen atoms in total. The standard InChI is InChI=1S/C23H36N4O.HI/c1-4-11-23(2)12-7-14-27(18-23)22(24-3)25-16-19-8-5-9-20(15-19)17-26-13-6-10-21(26)28;/h5,8-9,15H,4,6-7,10-14,16-18H2,1-3H3,(H,24,25);1H. The van der Waals surface area contributed by atoms with Gasteiger partial charge in [-0.3, -0.25) is 9.79 Å². The topological polar surface area (TPSA) is 47.9 Å². The first kappa shape index (κ1) is 24.0. The molecule has 162 valence electrons. The van der Waals surface area contributed by atoms with Crippen molar-refractivity contribution in [3.8, 4) is 0 Å². The lowest BCUT2D eigenvalue weighted by Crippen LogP contribution is -2.49. The van der Waals surface area contributed by atoms with Crippen molar-refractivity contribution in [3.05, 3.63) is 35.4 Å². The van der Waals surface area contributed by atoms with E-state index in [1.165, 1.54) is 36.8 Å². The second kappa shape index (κ2) is 11.2. The monoisotopic (exact) mass is 512 g/mol. The summed E-state index contributed by atoms with van der Waals surface area (Å²) in [6.07, 6.45) is 6.75. The highest BCUT2D eigenvalue weighted by atomic mass is 127. The van der Waals surface area contributed by atoms with Gasteiger partial charge in [0.15, 0.2) is 5.96 Å². The van der Waals surface area contributed by atoms with Gasteiger partial charge >= 0.3 is 0 Å². The van der Waals surface area contributed by atoms with Gasteiger partial charge in [-0.1, -0.05) is 44.5 Å². The Bertz CT molecular complexity index is 704. The van der Waals surface area contributed by atoms with E-state index in [1.807, 2.05) is 11.9 Å². The molecule has 1 aromatic rings. The minimum atomic E-state index is 0. The second-order valence-corrected chi connectivity index (χ2v) is 8.73. The van der Waals surface area contributed by atoms with Gasteiger partial charge in [0.25, 0.3) is 0 Å². The number of hydrogen-bond acceptors (Lipinski definition) is 2. The molecule has 1 aromatic carbocycles. The lowest BCUT2D eigenvalue weighted by atomic mass is 9.78. The summed E-state index contributed by atoms with van der Waals surface area (Å²) < 4.78 is 0. The maximum absolute atomic E-state index is 11.9. The third-order valence-corrected chi connectivity index (χ3v) is 6.13. The fourth-order valence-corrected chi connectivity index (χ4v) is 4.75. The predicted octanol–water partition coefficient (Wildman–Crippen LogP) is 4.40. The Morgan fingerprint density at radius 1 is 1.24 bits per heavy atom. The van der Waals surface area contributed by atoms with Crippen LogP contribution in [0.1, 0.15) is 63.5 Å². The fourth-order valence-electron chi connectivity index (χ4n) is 4.75. The predicted molar refractivity (Wildman–Crippen MR) is 131 cm³/mol. The maximum Gasteiger partial charge on any atom is 0.222 e. The van der Waals surface area contributed by atoms with Crippen LogP contribution in [0.15, 0.2) is 29.3 Å². The van der Waals surface area contributed by atoms with Crippen LogP contribution in [0.25, 0.3) is 0 Å². The fraction of sp³-hybridized carbons (Fsp3) is 0.652. The molecule has 1 atom stereocenters. The number of hydrogen-bond donors (Lipinski definition) is 1. The van der Waals surface area contributed by atoms with Crippen LogP contribution in [-0.2, 0) is 17.9 Å². The lowest BCUT2D eigenvalue weighted by Gasteiger charge is -2.42. The zero-order valence-corrected chi connectivity index (χ0v) is 20.6. The number of nitrogens with zero attached hydrogens (tertiary/aromatic N) is 3. The summed E-state index contributed by atoms with van der Waals surface area (Å²) >= 11 is 0. The highest BCUT2D eigenvalue weighted by Crippen LogP contribution is 2.33. The molecular weight excluding hydrogens is 475 g/mol. The molecule has 6 heteroatoms. The van der Waals surface area contributed by atoms with Crippen LogP contribution in [0, 0.1) is 5.41 Å². The van der Waals surface area contributed by atoms with E-state index < -0.39 is 0 Å². The first-order valence-corrected chi connectivity index (χ1v) is 10.8. The molecule has 0 aliphatic carbocycles. The molecule has 1 amide bonds. The Morgan fingerprint density at radius 2 is 2.03 bits per heavy atom. The zero-order chi connectivity index (χ0) is 20.0. The van der Waals surface area contributed by atoms with Gasteiger partial charge in [-0.2, -0.15) is 0 Å². The Kier molecular flexibility index (Phi) is 9.24. The third kappa shape index (κ3) is 6.59. The first-order chi connectivity index (χ1) is 13.5. The largest absolute Gasteiger partial charge is 0.352 e. The summed E-state index contributed by atoms with van der Waals surface area (Å²) in [6, 6.07) is 8.57. The number of piperidine rings is 1. The Hall–Kier alpha value is -1.31. The molecule has 0 radical (unpaired) electrons. The molecule has 0 aromatic heterocycles. The molecular formula is C23H37IN4O. The van der Waals surface area contributed by atoms with Crippen molar-refractivity contribution in [1.82, 2.24) is 15.1 Å². The Labute approximate surface area is 193 Å². The molecule has 2 saturated heterocycles.